The highest BCUT2D eigenvalue weighted by Crippen LogP contribution is 2.29. The van der Waals surface area contributed by atoms with Crippen molar-refractivity contribution in [1.82, 2.24) is 15.1 Å². The van der Waals surface area contributed by atoms with Gasteiger partial charge in [0, 0.05) is 11.5 Å². The minimum atomic E-state index is -0.157. The highest BCUT2D eigenvalue weighted by molar-refractivity contribution is 5.71. The zero-order valence-corrected chi connectivity index (χ0v) is 13.3. The fraction of sp³-hybridized carbons (Fsp3) is 0.471. The third kappa shape index (κ3) is 3.96. The average Bonchev–Trinajstić information content (AvgIpc) is 3.07. The van der Waals surface area contributed by atoms with Gasteiger partial charge in [0.25, 0.3) is 0 Å². The third-order valence-electron chi connectivity index (χ3n) is 4.06. The van der Waals surface area contributed by atoms with E-state index in [1.807, 2.05) is 37.3 Å². The number of likely N-dealkylation sites (tertiary alicyclic amines) is 1. The summed E-state index contributed by atoms with van der Waals surface area (Å²) in [5.74, 6) is 1.36. The number of benzene rings is 1. The number of nitrogens with zero attached hydrogens (tertiary/aromatic N) is 3. The summed E-state index contributed by atoms with van der Waals surface area (Å²) in [6.07, 6.45) is 1.83. The Hall–Kier alpha value is -2.21. The van der Waals surface area contributed by atoms with Crippen molar-refractivity contribution in [3.8, 4) is 11.5 Å². The summed E-state index contributed by atoms with van der Waals surface area (Å²) in [6, 6.07) is 9.78. The molecule has 0 aliphatic carbocycles. The number of hydrogen-bond donors (Lipinski definition) is 0. The molecule has 0 N–H and O–H groups in total. The van der Waals surface area contributed by atoms with Crippen molar-refractivity contribution in [1.29, 1.82) is 0 Å². The fourth-order valence-electron chi connectivity index (χ4n) is 2.82. The molecule has 0 bridgehead atoms. The molecule has 0 atom stereocenters. The van der Waals surface area contributed by atoms with Crippen molar-refractivity contribution >= 4 is 5.97 Å². The van der Waals surface area contributed by atoms with Crippen LogP contribution in [0.2, 0.25) is 0 Å². The monoisotopic (exact) mass is 315 g/mol. The summed E-state index contributed by atoms with van der Waals surface area (Å²) in [7, 11) is 0. The Balaban J connectivity index is 1.56. The minimum absolute atomic E-state index is 0.157. The number of rotatable bonds is 5. The van der Waals surface area contributed by atoms with Gasteiger partial charge in [-0.05, 0) is 45.0 Å². The molecule has 0 unspecified atom stereocenters. The average molecular weight is 315 g/mol. The first kappa shape index (κ1) is 15.7. The maximum atomic E-state index is 11.5. The van der Waals surface area contributed by atoms with E-state index < -0.39 is 0 Å². The van der Waals surface area contributed by atoms with Crippen molar-refractivity contribution in [3.63, 3.8) is 0 Å². The summed E-state index contributed by atoms with van der Waals surface area (Å²) >= 11 is 0. The predicted octanol–water partition coefficient (Wildman–Crippen LogP) is 2.48. The Morgan fingerprint density at radius 1 is 1.26 bits per heavy atom. The summed E-state index contributed by atoms with van der Waals surface area (Å²) in [5, 5.41) is 8.35. The molecule has 2 heterocycles. The first-order chi connectivity index (χ1) is 11.3. The van der Waals surface area contributed by atoms with Crippen molar-refractivity contribution in [2.75, 3.05) is 26.2 Å². The Bertz CT molecular complexity index is 634. The van der Waals surface area contributed by atoms with Crippen LogP contribution in [0.5, 0.6) is 0 Å². The van der Waals surface area contributed by atoms with Gasteiger partial charge in [0.2, 0.25) is 11.8 Å². The summed E-state index contributed by atoms with van der Waals surface area (Å²) < 4.78 is 10.8. The van der Waals surface area contributed by atoms with E-state index >= 15 is 0 Å². The van der Waals surface area contributed by atoms with E-state index in [2.05, 4.69) is 15.1 Å². The second-order valence-corrected chi connectivity index (χ2v) is 5.67. The van der Waals surface area contributed by atoms with Crippen LogP contribution >= 0.6 is 0 Å². The van der Waals surface area contributed by atoms with Crippen LogP contribution in [-0.2, 0) is 9.53 Å². The normalized spacial score (nSPS) is 16.4. The van der Waals surface area contributed by atoms with E-state index in [0.717, 1.165) is 31.5 Å². The topological polar surface area (TPSA) is 68.5 Å². The number of esters is 1. The lowest BCUT2D eigenvalue weighted by molar-refractivity contribution is -0.144. The van der Waals surface area contributed by atoms with Crippen LogP contribution < -0.4 is 0 Å². The Labute approximate surface area is 135 Å². The highest BCUT2D eigenvalue weighted by atomic mass is 16.5. The zero-order valence-electron chi connectivity index (χ0n) is 13.3. The number of carbonyl (C=O) groups is 1. The lowest BCUT2D eigenvalue weighted by Crippen LogP contribution is -2.37. The lowest BCUT2D eigenvalue weighted by Gasteiger charge is -2.29. The smallest absolute Gasteiger partial charge is 0.320 e. The van der Waals surface area contributed by atoms with E-state index in [9.17, 15) is 4.79 Å². The van der Waals surface area contributed by atoms with E-state index in [4.69, 9.17) is 9.15 Å². The zero-order chi connectivity index (χ0) is 16.1. The van der Waals surface area contributed by atoms with Crippen LogP contribution in [0.3, 0.4) is 0 Å². The van der Waals surface area contributed by atoms with Gasteiger partial charge in [0.05, 0.1) is 13.2 Å². The molecule has 2 aromatic rings. The van der Waals surface area contributed by atoms with Crippen molar-refractivity contribution < 1.29 is 13.9 Å². The van der Waals surface area contributed by atoms with Gasteiger partial charge in [0.15, 0.2) is 0 Å². The molecule has 1 fully saturated rings. The molecule has 0 amide bonds. The number of carbonyl (C=O) groups excluding carboxylic acids is 1. The number of aromatic nitrogens is 2. The van der Waals surface area contributed by atoms with E-state index in [1.165, 1.54) is 0 Å². The van der Waals surface area contributed by atoms with Crippen LogP contribution in [0.1, 0.15) is 31.6 Å². The quantitative estimate of drug-likeness (QED) is 0.790. The number of hydrogen-bond acceptors (Lipinski definition) is 6. The van der Waals surface area contributed by atoms with Crippen LogP contribution in [-0.4, -0.2) is 47.3 Å². The second-order valence-electron chi connectivity index (χ2n) is 5.67. The molecule has 1 aromatic carbocycles. The Morgan fingerprint density at radius 2 is 2.00 bits per heavy atom. The first-order valence-corrected chi connectivity index (χ1v) is 8.03. The molecule has 0 saturated carbocycles. The second kappa shape index (κ2) is 7.37. The van der Waals surface area contributed by atoms with Gasteiger partial charge in [-0.1, -0.05) is 18.2 Å². The van der Waals surface area contributed by atoms with Crippen LogP contribution in [0.4, 0.5) is 0 Å². The van der Waals surface area contributed by atoms with Gasteiger partial charge in [-0.3, -0.25) is 9.69 Å². The molecule has 1 saturated heterocycles. The maximum absolute atomic E-state index is 11.5. The molecule has 3 rings (SSSR count). The maximum Gasteiger partial charge on any atom is 0.320 e. The van der Waals surface area contributed by atoms with E-state index in [-0.39, 0.29) is 11.9 Å². The van der Waals surface area contributed by atoms with E-state index in [1.54, 1.807) is 0 Å². The lowest BCUT2D eigenvalue weighted by atomic mass is 9.97. The molecule has 122 valence electrons. The van der Waals surface area contributed by atoms with Crippen molar-refractivity contribution in [2.45, 2.75) is 25.7 Å². The molecular formula is C17H21N3O3. The third-order valence-corrected chi connectivity index (χ3v) is 4.06. The van der Waals surface area contributed by atoms with Crippen molar-refractivity contribution in [3.05, 3.63) is 36.2 Å². The molecule has 6 heteroatoms. The van der Waals surface area contributed by atoms with E-state index in [0.29, 0.717) is 24.9 Å². The van der Waals surface area contributed by atoms with Crippen LogP contribution in [0.25, 0.3) is 11.5 Å². The SMILES string of the molecule is CCOC(=O)CN1CCC(c2nnc(-c3ccccc3)o2)CC1. The van der Waals surface area contributed by atoms with Crippen LogP contribution in [0, 0.1) is 0 Å². The molecular weight excluding hydrogens is 294 g/mol. The van der Waals surface area contributed by atoms with Gasteiger partial charge in [-0.15, -0.1) is 10.2 Å². The first-order valence-electron chi connectivity index (χ1n) is 8.03. The molecule has 0 radical (unpaired) electrons. The Morgan fingerprint density at radius 3 is 2.70 bits per heavy atom. The van der Waals surface area contributed by atoms with Crippen molar-refractivity contribution in [2.24, 2.45) is 0 Å². The fourth-order valence-corrected chi connectivity index (χ4v) is 2.82. The summed E-state index contributed by atoms with van der Waals surface area (Å²) in [4.78, 5) is 13.6. The molecule has 1 aromatic heterocycles. The molecule has 1 aliphatic heterocycles. The molecule has 0 spiro atoms. The molecule has 6 nitrogen and oxygen atoms in total. The van der Waals surface area contributed by atoms with Gasteiger partial charge < -0.3 is 9.15 Å². The predicted molar refractivity (Wildman–Crippen MR) is 84.8 cm³/mol. The van der Waals surface area contributed by atoms with Gasteiger partial charge in [-0.25, -0.2) is 0 Å². The Kier molecular flexibility index (Phi) is 5.02. The number of piperidine rings is 1. The highest BCUT2D eigenvalue weighted by Gasteiger charge is 2.26. The summed E-state index contributed by atoms with van der Waals surface area (Å²) in [6.45, 7) is 4.29. The van der Waals surface area contributed by atoms with Gasteiger partial charge in [-0.2, -0.15) is 0 Å². The molecule has 1 aliphatic rings. The largest absolute Gasteiger partial charge is 0.465 e. The summed E-state index contributed by atoms with van der Waals surface area (Å²) in [5.41, 5.74) is 0.936. The van der Waals surface area contributed by atoms with Gasteiger partial charge >= 0.3 is 5.97 Å². The molecule has 23 heavy (non-hydrogen) atoms. The minimum Gasteiger partial charge on any atom is -0.465 e. The number of ether oxygens (including phenoxy) is 1. The van der Waals surface area contributed by atoms with Gasteiger partial charge in [0.1, 0.15) is 0 Å². The van der Waals surface area contributed by atoms with Crippen LogP contribution in [0.15, 0.2) is 34.7 Å². The standard InChI is InChI=1S/C17H21N3O3/c1-2-22-15(21)12-20-10-8-14(9-11-20)17-19-18-16(23-17)13-6-4-3-5-7-13/h3-7,14H,2,8-12H2,1H3.